The van der Waals surface area contributed by atoms with Gasteiger partial charge in [-0.15, -0.1) is 0 Å². The van der Waals surface area contributed by atoms with Crippen LogP contribution in [0.2, 0.25) is 6.55 Å². The van der Waals surface area contributed by atoms with E-state index in [0.29, 0.717) is 0 Å². The molecule has 1 rings (SSSR count). The average molecular weight is 257 g/mol. The fraction of sp³-hybridized carbons (Fsp3) is 0.417. The first-order valence-electron chi connectivity index (χ1n) is 5.51. The molecule has 17 heavy (non-hydrogen) atoms. The van der Waals surface area contributed by atoms with Gasteiger partial charge >= 0.3 is 8.74 Å². The Morgan fingerprint density at radius 1 is 1.35 bits per heavy atom. The van der Waals surface area contributed by atoms with Gasteiger partial charge in [0.25, 0.3) is 0 Å². The van der Waals surface area contributed by atoms with Gasteiger partial charge in [-0.1, -0.05) is 30.3 Å². The minimum Gasteiger partial charge on any atom is -0.334 e. The molecule has 5 heteroatoms. The number of carbonyl (C=O) groups is 1. The molecular weight excluding hydrogens is 240 g/mol. The largest absolute Gasteiger partial charge is 0.440 e. The van der Waals surface area contributed by atoms with Gasteiger partial charge in [0.05, 0.1) is 12.2 Å². The Kier molecular flexibility index (Phi) is 4.39. The molecule has 0 radical (unpaired) electrons. The smallest absolute Gasteiger partial charge is 0.334 e. The van der Waals surface area contributed by atoms with E-state index in [1.807, 2.05) is 30.3 Å². The summed E-state index contributed by atoms with van der Waals surface area (Å²) in [7, 11) is -4.27. The molecule has 0 bridgehead atoms. The number of benzene rings is 1. The molecule has 0 spiro atoms. The van der Waals surface area contributed by atoms with E-state index in [2.05, 4.69) is 0 Å². The molecule has 0 fully saturated rings. The van der Waals surface area contributed by atoms with Gasteiger partial charge in [0.15, 0.2) is 0 Å². The Hall–Kier alpha value is -1.23. The molecule has 2 nitrogen and oxygen atoms in total. The van der Waals surface area contributed by atoms with Gasteiger partial charge in [0, 0.05) is 6.92 Å². The summed E-state index contributed by atoms with van der Waals surface area (Å²) in [4.78, 5) is 12.7. The van der Waals surface area contributed by atoms with E-state index < -0.39 is 14.9 Å². The van der Waals surface area contributed by atoms with Crippen molar-refractivity contribution in [3.05, 3.63) is 35.9 Å². The molecule has 1 aromatic carbocycles. The average Bonchev–Trinajstić information content (AvgIpc) is 2.25. The third-order valence-electron chi connectivity index (χ3n) is 2.60. The highest BCUT2D eigenvalue weighted by atomic mass is 28.4. The Balaban J connectivity index is 2.89. The van der Waals surface area contributed by atoms with E-state index in [1.54, 1.807) is 6.92 Å². The third kappa shape index (κ3) is 4.26. The normalized spacial score (nSPS) is 13.2. The summed E-state index contributed by atoms with van der Waals surface area (Å²) in [6.45, 7) is 4.07. The molecule has 1 unspecified atom stereocenters. The summed E-state index contributed by atoms with van der Waals surface area (Å²) < 4.78 is 26.3. The number of hydrogen-bond acceptors (Lipinski definition) is 1. The van der Waals surface area contributed by atoms with Gasteiger partial charge < -0.3 is 4.90 Å². The molecule has 0 aromatic heterocycles. The Morgan fingerprint density at radius 3 is 2.29 bits per heavy atom. The summed E-state index contributed by atoms with van der Waals surface area (Å²) in [6.07, 6.45) is -0.418. The van der Waals surface area contributed by atoms with Crippen molar-refractivity contribution >= 4 is 14.6 Å². The fourth-order valence-electron chi connectivity index (χ4n) is 1.73. The van der Waals surface area contributed by atoms with Crippen LogP contribution in [0.1, 0.15) is 25.5 Å². The van der Waals surface area contributed by atoms with Crippen LogP contribution in [0.15, 0.2) is 30.3 Å². The number of nitrogens with zero attached hydrogens (tertiary/aromatic N) is 1. The third-order valence-corrected chi connectivity index (χ3v) is 3.50. The summed E-state index contributed by atoms with van der Waals surface area (Å²) in [5, 5.41) is 0. The first-order valence-corrected chi connectivity index (χ1v) is 7.97. The van der Waals surface area contributed by atoms with Crippen LogP contribution in [0.4, 0.5) is 8.22 Å². The van der Waals surface area contributed by atoms with Gasteiger partial charge in [-0.05, 0) is 19.0 Å². The maximum absolute atomic E-state index is 13.2. The summed E-state index contributed by atoms with van der Waals surface area (Å²) in [6, 6.07) is 8.91. The van der Waals surface area contributed by atoms with Crippen molar-refractivity contribution in [1.82, 2.24) is 4.90 Å². The Bertz CT molecular complexity index is 378. The highest BCUT2D eigenvalue weighted by molar-refractivity contribution is 6.65. The van der Waals surface area contributed by atoms with E-state index >= 15 is 0 Å². The molecule has 0 heterocycles. The number of rotatable bonds is 4. The summed E-state index contributed by atoms with van der Waals surface area (Å²) >= 11 is 0. The van der Waals surface area contributed by atoms with E-state index in [-0.39, 0.29) is 11.9 Å². The van der Waals surface area contributed by atoms with Crippen LogP contribution < -0.4 is 0 Å². The van der Waals surface area contributed by atoms with Gasteiger partial charge in [-0.2, -0.15) is 0 Å². The van der Waals surface area contributed by atoms with Crippen molar-refractivity contribution in [2.45, 2.75) is 26.4 Å². The first kappa shape index (κ1) is 13.8. The predicted octanol–water partition coefficient (Wildman–Crippen LogP) is 3.15. The maximum atomic E-state index is 13.2. The zero-order chi connectivity index (χ0) is 13.1. The van der Waals surface area contributed by atoms with Gasteiger partial charge in [0.2, 0.25) is 5.91 Å². The van der Waals surface area contributed by atoms with E-state index in [1.165, 1.54) is 11.8 Å². The first-order chi connectivity index (χ1) is 7.81. The van der Waals surface area contributed by atoms with Gasteiger partial charge in [0.1, 0.15) is 0 Å². The van der Waals surface area contributed by atoms with Crippen LogP contribution in [0.25, 0.3) is 0 Å². The van der Waals surface area contributed by atoms with Crippen LogP contribution in [-0.4, -0.2) is 25.7 Å². The molecular formula is C12H17F2NOSi. The van der Waals surface area contributed by atoms with E-state index in [4.69, 9.17) is 0 Å². The number of amides is 1. The zero-order valence-corrected chi connectivity index (χ0v) is 11.3. The topological polar surface area (TPSA) is 20.3 Å². The van der Waals surface area contributed by atoms with Crippen LogP contribution in [-0.2, 0) is 4.79 Å². The number of hydrogen-bond donors (Lipinski definition) is 0. The lowest BCUT2D eigenvalue weighted by Gasteiger charge is -2.29. The maximum Gasteiger partial charge on any atom is 0.440 e. The van der Waals surface area contributed by atoms with E-state index in [0.717, 1.165) is 12.1 Å². The van der Waals surface area contributed by atoms with Crippen molar-refractivity contribution in [3.63, 3.8) is 0 Å². The second kappa shape index (κ2) is 5.40. The van der Waals surface area contributed by atoms with Crippen LogP contribution in [0, 0.1) is 0 Å². The lowest BCUT2D eigenvalue weighted by molar-refractivity contribution is -0.130. The zero-order valence-electron chi connectivity index (χ0n) is 10.3. The van der Waals surface area contributed by atoms with Crippen LogP contribution in [0.3, 0.4) is 0 Å². The van der Waals surface area contributed by atoms with Gasteiger partial charge in [-0.3, -0.25) is 13.0 Å². The summed E-state index contributed by atoms with van der Waals surface area (Å²) in [5.74, 6) is -0.310. The molecule has 1 amide bonds. The molecule has 0 aliphatic heterocycles. The number of carbonyl (C=O) groups excluding carboxylic acids is 1. The van der Waals surface area contributed by atoms with Crippen molar-refractivity contribution in [1.29, 1.82) is 0 Å². The molecule has 0 saturated heterocycles. The molecule has 0 N–H and O–H groups in total. The lowest BCUT2D eigenvalue weighted by atomic mass is 10.1. The fourth-order valence-corrected chi connectivity index (χ4v) is 2.83. The predicted molar refractivity (Wildman–Crippen MR) is 66.1 cm³/mol. The minimum absolute atomic E-state index is 0.310. The van der Waals surface area contributed by atoms with Crippen molar-refractivity contribution in [2.75, 3.05) is 6.17 Å². The quantitative estimate of drug-likeness (QED) is 0.599. The van der Waals surface area contributed by atoms with E-state index in [9.17, 15) is 13.0 Å². The lowest BCUT2D eigenvalue weighted by Crippen LogP contribution is -2.42. The minimum atomic E-state index is -4.27. The molecule has 0 saturated carbocycles. The second-order valence-electron chi connectivity index (χ2n) is 4.30. The molecule has 0 aliphatic rings. The van der Waals surface area contributed by atoms with Crippen LogP contribution in [0.5, 0.6) is 0 Å². The number of halogens is 2. The van der Waals surface area contributed by atoms with Crippen molar-refractivity contribution < 1.29 is 13.0 Å². The van der Waals surface area contributed by atoms with Crippen molar-refractivity contribution in [3.8, 4) is 0 Å². The molecule has 1 atom stereocenters. The van der Waals surface area contributed by atoms with Crippen molar-refractivity contribution in [2.24, 2.45) is 0 Å². The highest BCUT2D eigenvalue weighted by Gasteiger charge is 2.34. The monoisotopic (exact) mass is 257 g/mol. The van der Waals surface area contributed by atoms with Crippen LogP contribution >= 0.6 is 0 Å². The summed E-state index contributed by atoms with van der Waals surface area (Å²) in [5.41, 5.74) is 0.876. The Labute approximate surface area is 102 Å². The molecule has 1 aromatic rings. The highest BCUT2D eigenvalue weighted by Crippen LogP contribution is 2.22. The molecule has 94 valence electrons. The van der Waals surface area contributed by atoms with Gasteiger partial charge in [-0.25, -0.2) is 0 Å². The standard InChI is InChI=1S/C12H17F2NOSi/c1-10(12-7-5-4-6-8-12)15(11(2)16)9-17(3,13)14/h4-8,10H,9H2,1-3H3. The SMILES string of the molecule is CC(=O)N(C[Si](C)(F)F)C(C)c1ccccc1. The Morgan fingerprint density at radius 2 is 1.88 bits per heavy atom. The molecule has 0 aliphatic carbocycles. The second-order valence-corrected chi connectivity index (χ2v) is 6.76.